The van der Waals surface area contributed by atoms with Gasteiger partial charge in [-0.05, 0) is 44.2 Å². The number of carbonyl (C=O) groups is 1. The van der Waals surface area contributed by atoms with Crippen molar-refractivity contribution in [1.82, 2.24) is 20.1 Å². The van der Waals surface area contributed by atoms with Crippen LogP contribution in [0.15, 0.2) is 52.1 Å². The van der Waals surface area contributed by atoms with Crippen molar-refractivity contribution >= 4 is 27.1 Å². The third kappa shape index (κ3) is 6.80. The predicted octanol–water partition coefficient (Wildman–Crippen LogP) is 4.34. The molecule has 1 aliphatic heterocycles. The third-order valence-corrected chi connectivity index (χ3v) is 8.61. The molecule has 1 aromatic carbocycles. The maximum Gasteiger partial charge on any atom is 0.259 e. The Bertz CT molecular complexity index is 1460. The van der Waals surface area contributed by atoms with Crippen LogP contribution >= 0.6 is 0 Å². The summed E-state index contributed by atoms with van der Waals surface area (Å²) in [5.41, 5.74) is 2.95. The van der Waals surface area contributed by atoms with E-state index in [1.807, 2.05) is 13.1 Å². The fourth-order valence-electron chi connectivity index (χ4n) is 4.64. The molecule has 210 valence electrons. The highest BCUT2D eigenvalue weighted by Gasteiger charge is 2.33. The molecular formula is C27H35F2N7O2S. The molecule has 39 heavy (non-hydrogen) atoms. The van der Waals surface area contributed by atoms with Crippen LogP contribution in [0, 0.1) is 6.92 Å². The maximum atomic E-state index is 14.1. The summed E-state index contributed by atoms with van der Waals surface area (Å²) >= 11 is 0. The molecule has 0 radical (unpaired) electrons. The number of nitrogens with one attached hydrogen (secondary N) is 2. The second kappa shape index (κ2) is 11.8. The third-order valence-electron chi connectivity index (χ3n) is 6.81. The molecule has 0 spiro atoms. The first-order valence-electron chi connectivity index (χ1n) is 12.9. The van der Waals surface area contributed by atoms with Gasteiger partial charge < -0.3 is 15.5 Å². The zero-order chi connectivity index (χ0) is 28.2. The van der Waals surface area contributed by atoms with Crippen molar-refractivity contribution < 1.29 is 17.8 Å². The Kier molecular flexibility index (Phi) is 8.65. The lowest BCUT2D eigenvalue weighted by Gasteiger charge is -2.26. The van der Waals surface area contributed by atoms with Crippen molar-refractivity contribution in [3.8, 4) is 11.1 Å². The minimum absolute atomic E-state index is 0.0907. The number of anilines is 2. The number of aryl methyl sites for hydroxylation is 1. The fraction of sp³-hybridized carbons (Fsp3) is 0.444. The molecule has 2 N–H and O–H groups in total. The Morgan fingerprint density at radius 3 is 2.74 bits per heavy atom. The molecule has 3 aromatic rings. The number of rotatable bonds is 8. The molecule has 0 aliphatic carbocycles. The number of likely N-dealkylation sites (N-methyl/N-ethyl adjacent to an activating group) is 1. The van der Waals surface area contributed by atoms with E-state index in [9.17, 15) is 17.8 Å². The van der Waals surface area contributed by atoms with Crippen LogP contribution in [0.5, 0.6) is 0 Å². The average Bonchev–Trinajstić information content (AvgIpc) is 3.22. The SMILES string of the molecule is CNCCN=[S@](C)(=O)c1cccc(NC(=O)c2c(N3CCCC(F)(F)CC3)ncc(-c3cnn(C)c3)c2C)c1. The van der Waals surface area contributed by atoms with Gasteiger partial charge in [-0.1, -0.05) is 6.07 Å². The summed E-state index contributed by atoms with van der Waals surface area (Å²) in [6.45, 7) is 3.28. The van der Waals surface area contributed by atoms with Crippen LogP contribution in [0.25, 0.3) is 11.1 Å². The molecule has 1 aliphatic rings. The van der Waals surface area contributed by atoms with Crippen LogP contribution in [-0.4, -0.2) is 70.3 Å². The number of amides is 1. The molecule has 0 saturated carbocycles. The van der Waals surface area contributed by atoms with Gasteiger partial charge in [0.25, 0.3) is 5.91 Å². The number of pyridine rings is 1. The first kappa shape index (κ1) is 28.6. The van der Waals surface area contributed by atoms with Gasteiger partial charge in [-0.2, -0.15) is 5.10 Å². The Labute approximate surface area is 228 Å². The largest absolute Gasteiger partial charge is 0.356 e. The molecule has 0 bridgehead atoms. The molecular weight excluding hydrogens is 524 g/mol. The van der Waals surface area contributed by atoms with Crippen LogP contribution < -0.4 is 15.5 Å². The monoisotopic (exact) mass is 559 g/mol. The first-order valence-corrected chi connectivity index (χ1v) is 14.8. The molecule has 0 unspecified atom stereocenters. The summed E-state index contributed by atoms with van der Waals surface area (Å²) in [7, 11) is 0.940. The highest BCUT2D eigenvalue weighted by atomic mass is 32.2. The van der Waals surface area contributed by atoms with Crippen molar-refractivity contribution in [1.29, 1.82) is 0 Å². The lowest BCUT2D eigenvalue weighted by atomic mass is 9.99. The first-order chi connectivity index (χ1) is 18.5. The van der Waals surface area contributed by atoms with E-state index in [2.05, 4.69) is 25.1 Å². The number of nitrogens with zero attached hydrogens (tertiary/aromatic N) is 5. The lowest BCUT2D eigenvalue weighted by molar-refractivity contribution is -0.0102. The fourth-order valence-corrected chi connectivity index (χ4v) is 5.90. The van der Waals surface area contributed by atoms with Crippen molar-refractivity contribution in [3.05, 3.63) is 54.0 Å². The van der Waals surface area contributed by atoms with Gasteiger partial charge in [0.2, 0.25) is 5.92 Å². The summed E-state index contributed by atoms with van der Waals surface area (Å²) in [4.78, 5) is 20.7. The summed E-state index contributed by atoms with van der Waals surface area (Å²) in [5, 5.41) is 10.1. The molecule has 1 fully saturated rings. The van der Waals surface area contributed by atoms with Crippen molar-refractivity contribution in [2.24, 2.45) is 11.4 Å². The summed E-state index contributed by atoms with van der Waals surface area (Å²) in [6, 6.07) is 6.81. The zero-order valence-corrected chi connectivity index (χ0v) is 23.5. The van der Waals surface area contributed by atoms with E-state index in [0.29, 0.717) is 53.6 Å². The van der Waals surface area contributed by atoms with Gasteiger partial charge >= 0.3 is 0 Å². The van der Waals surface area contributed by atoms with Gasteiger partial charge in [0, 0.05) is 79.9 Å². The van der Waals surface area contributed by atoms with E-state index in [-0.39, 0.29) is 19.4 Å². The smallest absolute Gasteiger partial charge is 0.259 e. The average molecular weight is 560 g/mol. The van der Waals surface area contributed by atoms with Crippen LogP contribution in [0.3, 0.4) is 0 Å². The van der Waals surface area contributed by atoms with Gasteiger partial charge in [-0.25, -0.2) is 22.3 Å². The highest BCUT2D eigenvalue weighted by Crippen LogP contribution is 2.34. The lowest BCUT2D eigenvalue weighted by Crippen LogP contribution is -2.30. The van der Waals surface area contributed by atoms with Gasteiger partial charge in [-0.3, -0.25) is 9.48 Å². The Morgan fingerprint density at radius 1 is 1.23 bits per heavy atom. The molecule has 4 rings (SSSR count). The molecule has 9 nitrogen and oxygen atoms in total. The molecule has 1 amide bonds. The molecule has 1 atom stereocenters. The standard InChI is InChI=1S/C27H35F2N7O2S/c1-19-23(20-16-32-35(3)18-20)17-31-25(36-13-6-9-27(28,29)10-14-36)24(19)26(37)34-21-7-5-8-22(15-21)39(4,38)33-12-11-30-2/h5,7-8,15-18,30H,6,9-14H2,1-4H3,(H,34,37)/t39-/m1/s1. The quantitative estimate of drug-likeness (QED) is 0.398. The van der Waals surface area contributed by atoms with Crippen LogP contribution in [-0.2, 0) is 16.8 Å². The number of hydrogen-bond donors (Lipinski definition) is 2. The summed E-state index contributed by atoms with van der Waals surface area (Å²) in [5.74, 6) is -2.80. The van der Waals surface area contributed by atoms with E-state index in [1.165, 1.54) is 0 Å². The minimum Gasteiger partial charge on any atom is -0.356 e. The number of hydrogen-bond acceptors (Lipinski definition) is 7. The van der Waals surface area contributed by atoms with E-state index >= 15 is 0 Å². The number of aromatic nitrogens is 3. The second-order valence-electron chi connectivity index (χ2n) is 9.84. The van der Waals surface area contributed by atoms with Crippen molar-refractivity contribution in [3.63, 3.8) is 0 Å². The molecule has 3 heterocycles. The maximum absolute atomic E-state index is 14.1. The Hall–Kier alpha value is -3.38. The Morgan fingerprint density at radius 2 is 2.03 bits per heavy atom. The van der Waals surface area contributed by atoms with Crippen LogP contribution in [0.4, 0.5) is 20.3 Å². The second-order valence-corrected chi connectivity index (χ2v) is 12.2. The van der Waals surface area contributed by atoms with Crippen molar-refractivity contribution in [2.45, 2.75) is 37.0 Å². The summed E-state index contributed by atoms with van der Waals surface area (Å²) < 4.78 is 47.4. The normalized spacial score (nSPS) is 16.8. The van der Waals surface area contributed by atoms with Gasteiger partial charge in [-0.15, -0.1) is 0 Å². The molecule has 1 saturated heterocycles. The van der Waals surface area contributed by atoms with Crippen LogP contribution in [0.2, 0.25) is 0 Å². The van der Waals surface area contributed by atoms with E-state index in [0.717, 1.165) is 11.1 Å². The van der Waals surface area contributed by atoms with E-state index in [4.69, 9.17) is 0 Å². The van der Waals surface area contributed by atoms with Gasteiger partial charge in [0.1, 0.15) is 5.82 Å². The topological polar surface area (TPSA) is 105 Å². The number of benzene rings is 1. The molecule has 2 aromatic heterocycles. The van der Waals surface area contributed by atoms with Crippen LogP contribution in [0.1, 0.15) is 35.2 Å². The number of alkyl halides is 2. The van der Waals surface area contributed by atoms with E-state index < -0.39 is 21.6 Å². The van der Waals surface area contributed by atoms with E-state index in [1.54, 1.807) is 66.6 Å². The zero-order valence-electron chi connectivity index (χ0n) is 22.7. The molecule has 12 heteroatoms. The van der Waals surface area contributed by atoms with Crippen molar-refractivity contribution in [2.75, 3.05) is 49.7 Å². The summed E-state index contributed by atoms with van der Waals surface area (Å²) in [6.07, 6.45) is 6.56. The van der Waals surface area contributed by atoms with Gasteiger partial charge in [0.15, 0.2) is 0 Å². The minimum atomic E-state index is -2.74. The number of halogens is 2. The van der Waals surface area contributed by atoms with Gasteiger partial charge in [0.05, 0.1) is 28.0 Å². The predicted molar refractivity (Wildman–Crippen MR) is 150 cm³/mol. The number of carbonyl (C=O) groups excluding carboxylic acids is 1. The highest BCUT2D eigenvalue weighted by molar-refractivity contribution is 7.93. The Balaban J connectivity index is 1.72.